The molecule has 10 heteroatoms. The number of halogens is 1. The fraction of sp³-hybridized carbons (Fsp3) is 0.500. The van der Waals surface area contributed by atoms with Crippen molar-refractivity contribution in [2.75, 3.05) is 4.90 Å². The summed E-state index contributed by atoms with van der Waals surface area (Å²) in [6.07, 6.45) is 9.58. The first kappa shape index (κ1) is 21.0. The van der Waals surface area contributed by atoms with Crippen LogP contribution in [-0.4, -0.2) is 53.5 Å². The molecule has 2 bridgehead atoms. The van der Waals surface area contributed by atoms with Crippen LogP contribution in [0, 0.1) is 23.2 Å². The zero-order valence-electron chi connectivity index (χ0n) is 18.6. The van der Waals surface area contributed by atoms with Crippen LogP contribution in [0.15, 0.2) is 30.6 Å². The monoisotopic (exact) mass is 460 g/mol. The van der Waals surface area contributed by atoms with E-state index in [-0.39, 0.29) is 29.2 Å². The molecule has 2 heterocycles. The van der Waals surface area contributed by atoms with Crippen LogP contribution >= 0.6 is 0 Å². The summed E-state index contributed by atoms with van der Waals surface area (Å²) in [5, 5.41) is 35.8. The van der Waals surface area contributed by atoms with Crippen molar-refractivity contribution in [1.82, 2.24) is 30.2 Å². The molecule has 3 fully saturated rings. The van der Waals surface area contributed by atoms with Gasteiger partial charge in [0, 0.05) is 12.1 Å². The lowest BCUT2D eigenvalue weighted by Gasteiger charge is -2.46. The molecule has 3 aromatic rings. The Bertz CT molecular complexity index is 1230. The molecule has 0 aliphatic heterocycles. The minimum absolute atomic E-state index is 0.0379. The van der Waals surface area contributed by atoms with E-state index in [0.717, 1.165) is 38.5 Å². The summed E-state index contributed by atoms with van der Waals surface area (Å²) in [6.45, 7) is 0. The van der Waals surface area contributed by atoms with Gasteiger partial charge in [-0.1, -0.05) is 18.1 Å². The predicted octanol–water partition coefficient (Wildman–Crippen LogP) is 3.58. The molecule has 0 unspecified atom stereocenters. The van der Waals surface area contributed by atoms with Gasteiger partial charge in [-0.2, -0.15) is 5.26 Å². The van der Waals surface area contributed by atoms with Gasteiger partial charge in [-0.3, -0.25) is 0 Å². The number of alkyl halides is 1. The third-order valence-electron chi connectivity index (χ3n) is 7.42. The number of hydrogen-bond acceptors (Lipinski definition) is 8. The van der Waals surface area contributed by atoms with E-state index in [9.17, 15) is 5.11 Å². The van der Waals surface area contributed by atoms with Crippen molar-refractivity contribution in [2.45, 2.75) is 63.2 Å². The first-order valence-electron chi connectivity index (χ1n) is 11.9. The van der Waals surface area contributed by atoms with E-state index in [0.29, 0.717) is 29.0 Å². The smallest absolute Gasteiger partial charge is 0.185 e. The van der Waals surface area contributed by atoms with Crippen molar-refractivity contribution in [2.24, 2.45) is 11.8 Å². The highest BCUT2D eigenvalue weighted by Gasteiger charge is 2.46. The van der Waals surface area contributed by atoms with Gasteiger partial charge in [0.15, 0.2) is 17.3 Å². The summed E-state index contributed by atoms with van der Waals surface area (Å²) in [7, 11) is 0. The van der Waals surface area contributed by atoms with E-state index in [1.54, 1.807) is 18.3 Å². The van der Waals surface area contributed by atoms with Crippen LogP contribution in [-0.2, 0) is 0 Å². The Morgan fingerprint density at radius 2 is 2.00 bits per heavy atom. The first-order valence-corrected chi connectivity index (χ1v) is 11.9. The van der Waals surface area contributed by atoms with Gasteiger partial charge in [-0.25, -0.2) is 14.1 Å². The molecule has 2 aromatic heterocycles. The highest BCUT2D eigenvalue weighted by molar-refractivity contribution is 5.66. The fourth-order valence-corrected chi connectivity index (χ4v) is 5.67. The molecule has 3 saturated carbocycles. The van der Waals surface area contributed by atoms with Crippen LogP contribution in [0.3, 0.4) is 0 Å². The number of benzene rings is 1. The summed E-state index contributed by atoms with van der Waals surface area (Å²) < 4.78 is 16.9. The number of hydrogen-bond donors (Lipinski definition) is 1. The van der Waals surface area contributed by atoms with Crippen LogP contribution in [0.25, 0.3) is 17.1 Å². The molecule has 4 atom stereocenters. The summed E-state index contributed by atoms with van der Waals surface area (Å²) in [4.78, 5) is 6.62. The number of aromatic hydroxyl groups is 1. The van der Waals surface area contributed by atoms with Gasteiger partial charge in [-0.15, -0.1) is 15.3 Å². The number of phenolic OH excluding ortho intramolecular Hbond substituents is 1. The molecule has 3 aliphatic rings. The Labute approximate surface area is 196 Å². The molecular weight excluding hydrogens is 435 g/mol. The van der Waals surface area contributed by atoms with Gasteiger partial charge in [0.2, 0.25) is 0 Å². The number of aromatic nitrogens is 6. The van der Waals surface area contributed by atoms with Crippen molar-refractivity contribution in [3.63, 3.8) is 0 Å². The van der Waals surface area contributed by atoms with Gasteiger partial charge in [0.05, 0.1) is 29.7 Å². The normalized spacial score (nSPS) is 26.1. The highest BCUT2D eigenvalue weighted by atomic mass is 19.1. The Kier molecular flexibility index (Phi) is 5.12. The summed E-state index contributed by atoms with van der Waals surface area (Å²) in [5.41, 5.74) is 1.16. The average Bonchev–Trinajstić information content (AvgIpc) is 3.57. The largest absolute Gasteiger partial charge is 0.507 e. The number of anilines is 1. The Morgan fingerprint density at radius 1 is 1.12 bits per heavy atom. The van der Waals surface area contributed by atoms with Crippen molar-refractivity contribution >= 4 is 5.82 Å². The van der Waals surface area contributed by atoms with Crippen molar-refractivity contribution < 1.29 is 9.50 Å². The highest BCUT2D eigenvalue weighted by Crippen LogP contribution is 2.46. The maximum absolute atomic E-state index is 15.5. The molecular formula is C24H25FN8O. The maximum Gasteiger partial charge on any atom is 0.185 e. The summed E-state index contributed by atoms with van der Waals surface area (Å²) >= 11 is 0. The summed E-state index contributed by atoms with van der Waals surface area (Å²) in [6, 6.07) is 6.97. The second-order valence-electron chi connectivity index (χ2n) is 9.68. The molecule has 0 amide bonds. The maximum atomic E-state index is 15.5. The van der Waals surface area contributed by atoms with E-state index in [2.05, 4.69) is 30.4 Å². The lowest BCUT2D eigenvalue weighted by atomic mass is 9.69. The topological polar surface area (TPSA) is 117 Å². The van der Waals surface area contributed by atoms with Gasteiger partial charge in [0.1, 0.15) is 18.0 Å². The quantitative estimate of drug-likeness (QED) is 0.614. The Hall–Kier alpha value is -3.61. The van der Waals surface area contributed by atoms with Gasteiger partial charge < -0.3 is 10.0 Å². The Morgan fingerprint density at radius 3 is 2.71 bits per heavy atom. The zero-order chi connectivity index (χ0) is 23.2. The van der Waals surface area contributed by atoms with Crippen LogP contribution in [0.2, 0.25) is 0 Å². The molecule has 0 saturated heterocycles. The Balaban J connectivity index is 1.25. The molecule has 3 aliphatic carbocycles. The molecule has 174 valence electrons. The average molecular weight is 461 g/mol. The second kappa shape index (κ2) is 8.31. The van der Waals surface area contributed by atoms with E-state index >= 15 is 4.39 Å². The van der Waals surface area contributed by atoms with Gasteiger partial charge in [0.25, 0.3) is 0 Å². The van der Waals surface area contributed by atoms with Crippen LogP contribution in [0.4, 0.5) is 10.2 Å². The molecule has 1 N–H and O–H groups in total. The van der Waals surface area contributed by atoms with Crippen LogP contribution in [0.1, 0.15) is 50.6 Å². The third kappa shape index (κ3) is 3.75. The van der Waals surface area contributed by atoms with Gasteiger partial charge in [-0.05, 0) is 56.1 Å². The van der Waals surface area contributed by atoms with E-state index in [1.165, 1.54) is 23.4 Å². The molecule has 9 nitrogen and oxygen atoms in total. The third-order valence-corrected chi connectivity index (χ3v) is 7.42. The molecule has 0 spiro atoms. The van der Waals surface area contributed by atoms with E-state index in [1.807, 2.05) is 6.07 Å². The first-order chi connectivity index (χ1) is 16.6. The number of nitrogens with zero attached hydrogens (tertiary/aromatic N) is 8. The number of fused-ring (bicyclic) bond motifs is 2. The predicted molar refractivity (Wildman–Crippen MR) is 121 cm³/mol. The molecule has 0 radical (unpaired) electrons. The van der Waals surface area contributed by atoms with E-state index < -0.39 is 6.17 Å². The molecule has 6 rings (SSSR count). The lowest BCUT2D eigenvalue weighted by Crippen LogP contribution is -2.52. The van der Waals surface area contributed by atoms with Gasteiger partial charge >= 0.3 is 0 Å². The second-order valence-corrected chi connectivity index (χ2v) is 9.68. The van der Waals surface area contributed by atoms with Crippen LogP contribution in [0.5, 0.6) is 5.75 Å². The zero-order valence-corrected chi connectivity index (χ0v) is 18.6. The van der Waals surface area contributed by atoms with Crippen molar-refractivity contribution in [1.29, 1.82) is 5.26 Å². The lowest BCUT2D eigenvalue weighted by molar-refractivity contribution is 0.0631. The minimum atomic E-state index is -0.839. The summed E-state index contributed by atoms with van der Waals surface area (Å²) in [5.74, 6) is 1.62. The molecule has 34 heavy (non-hydrogen) atoms. The minimum Gasteiger partial charge on any atom is -0.507 e. The van der Waals surface area contributed by atoms with Crippen LogP contribution < -0.4 is 4.90 Å². The SMILES string of the molecule is N#Cc1cn(-c2ccc(-c3ncc(N(C4CC4)[C@H]4C[C@@H]5CCC[C@@H](C5)[C@H]4F)nn3)c(O)c2)nn1. The van der Waals surface area contributed by atoms with Crippen molar-refractivity contribution in [3.8, 4) is 28.9 Å². The number of phenols is 1. The fourth-order valence-electron chi connectivity index (χ4n) is 5.67. The van der Waals surface area contributed by atoms with Crippen molar-refractivity contribution in [3.05, 3.63) is 36.3 Å². The molecule has 1 aromatic carbocycles. The standard InChI is InChI=1S/C24H25FN8O/c25-23-15-3-1-2-14(8-15)9-20(23)33(17-4-5-17)22-12-27-24(30-29-22)19-7-6-18(10-21(19)34)32-13-16(11-26)28-31-32/h6-7,10,12-15,17,20,23,34H,1-5,8-9H2/t14-,15+,20+,23-/m1/s1. The number of nitriles is 1. The number of rotatable bonds is 5. The van der Waals surface area contributed by atoms with E-state index in [4.69, 9.17) is 5.26 Å².